The van der Waals surface area contributed by atoms with Crippen LogP contribution in [0.25, 0.3) is 21.3 Å². The van der Waals surface area contributed by atoms with Crippen LogP contribution in [0.15, 0.2) is 64.8 Å². The fraction of sp³-hybridized carbons (Fsp3) is 0.0952. The van der Waals surface area contributed by atoms with Crippen molar-refractivity contribution in [2.24, 2.45) is 0 Å². The number of fused-ring (bicyclic) bond motifs is 1. The molecule has 4 rings (SSSR count). The van der Waals surface area contributed by atoms with Gasteiger partial charge < -0.3 is 0 Å². The molecular weight excluding hydrogens is 342 g/mol. The molecule has 0 aliphatic rings. The quantitative estimate of drug-likeness (QED) is 0.547. The number of benzene rings is 2. The predicted molar refractivity (Wildman–Crippen MR) is 104 cm³/mol. The van der Waals surface area contributed by atoms with E-state index in [0.717, 1.165) is 21.5 Å². The Morgan fingerprint density at radius 3 is 2.73 bits per heavy atom. The van der Waals surface area contributed by atoms with Crippen LogP contribution in [0.2, 0.25) is 0 Å². The first kappa shape index (κ1) is 16.2. The lowest BCUT2D eigenvalue weighted by Gasteiger charge is -2.10. The van der Waals surface area contributed by atoms with Gasteiger partial charge in [0.25, 0.3) is 5.56 Å². The Hall–Kier alpha value is -3.23. The zero-order chi connectivity index (χ0) is 18.1. The summed E-state index contributed by atoms with van der Waals surface area (Å²) in [6.45, 7) is 2.24. The highest BCUT2D eigenvalue weighted by Crippen LogP contribution is 2.30. The fourth-order valence-corrected chi connectivity index (χ4v) is 4.05. The van der Waals surface area contributed by atoms with Gasteiger partial charge in [-0.15, -0.1) is 11.3 Å². The van der Waals surface area contributed by atoms with Crippen molar-refractivity contribution in [2.75, 3.05) is 0 Å². The van der Waals surface area contributed by atoms with E-state index >= 15 is 0 Å². The summed E-state index contributed by atoms with van der Waals surface area (Å²) < 4.78 is 1.68. The van der Waals surface area contributed by atoms with Gasteiger partial charge in [-0.05, 0) is 30.2 Å². The Balaban J connectivity index is 1.88. The molecule has 0 radical (unpaired) electrons. The van der Waals surface area contributed by atoms with Crippen LogP contribution < -0.4 is 5.56 Å². The maximum absolute atomic E-state index is 13.2. The summed E-state index contributed by atoms with van der Waals surface area (Å²) in [6, 6.07) is 19.3. The van der Waals surface area contributed by atoms with Crippen molar-refractivity contribution in [3.8, 4) is 17.2 Å². The average Bonchev–Trinajstić information content (AvgIpc) is 3.10. The van der Waals surface area contributed by atoms with Crippen LogP contribution in [0.1, 0.15) is 17.0 Å². The molecule has 0 bridgehead atoms. The van der Waals surface area contributed by atoms with Crippen LogP contribution in [0, 0.1) is 18.3 Å². The van der Waals surface area contributed by atoms with Crippen LogP contribution in [-0.2, 0) is 6.54 Å². The van der Waals surface area contributed by atoms with Crippen molar-refractivity contribution < 1.29 is 0 Å². The monoisotopic (exact) mass is 357 g/mol. The molecule has 0 unspecified atom stereocenters. The molecule has 0 fully saturated rings. The molecule has 26 heavy (non-hydrogen) atoms. The van der Waals surface area contributed by atoms with Crippen molar-refractivity contribution >= 4 is 21.6 Å². The topological polar surface area (TPSA) is 58.7 Å². The smallest absolute Gasteiger partial charge is 0.263 e. The van der Waals surface area contributed by atoms with E-state index in [1.54, 1.807) is 10.6 Å². The van der Waals surface area contributed by atoms with E-state index in [9.17, 15) is 4.79 Å². The molecule has 4 aromatic rings. The summed E-state index contributed by atoms with van der Waals surface area (Å²) in [7, 11) is 0. The number of hydrogen-bond acceptors (Lipinski definition) is 4. The van der Waals surface area contributed by atoms with Crippen molar-refractivity contribution in [3.63, 3.8) is 0 Å². The standard InChI is InChI=1S/C21H15N3OS/c1-14-23-20-19(18(13-26-20)17-8-3-2-4-9-17)21(25)24(14)12-16-7-5-6-15(10-16)11-22/h2-10,13H,12H2,1H3. The first-order valence-electron chi connectivity index (χ1n) is 8.20. The first-order valence-corrected chi connectivity index (χ1v) is 9.08. The van der Waals surface area contributed by atoms with Crippen molar-refractivity contribution in [1.29, 1.82) is 5.26 Å². The number of rotatable bonds is 3. The van der Waals surface area contributed by atoms with E-state index in [0.29, 0.717) is 23.3 Å². The van der Waals surface area contributed by atoms with E-state index in [1.807, 2.05) is 60.8 Å². The van der Waals surface area contributed by atoms with Crippen LogP contribution in [0.4, 0.5) is 0 Å². The van der Waals surface area contributed by atoms with Crippen LogP contribution in [0.5, 0.6) is 0 Å². The van der Waals surface area contributed by atoms with Gasteiger partial charge in [-0.1, -0.05) is 42.5 Å². The minimum absolute atomic E-state index is 0.0463. The predicted octanol–water partition coefficient (Wildman–Crippen LogP) is 4.35. The highest BCUT2D eigenvalue weighted by Gasteiger charge is 2.15. The molecule has 2 aromatic carbocycles. The number of aryl methyl sites for hydroxylation is 1. The third-order valence-electron chi connectivity index (χ3n) is 4.37. The second-order valence-corrected chi connectivity index (χ2v) is 6.92. The van der Waals surface area contributed by atoms with Gasteiger partial charge in [-0.3, -0.25) is 9.36 Å². The lowest BCUT2D eigenvalue weighted by atomic mass is 10.1. The molecule has 2 aromatic heterocycles. The lowest BCUT2D eigenvalue weighted by Crippen LogP contribution is -2.24. The number of hydrogen-bond donors (Lipinski definition) is 0. The molecule has 0 atom stereocenters. The molecule has 5 heteroatoms. The van der Waals surface area contributed by atoms with Gasteiger partial charge in [0.1, 0.15) is 10.7 Å². The normalized spacial score (nSPS) is 10.8. The van der Waals surface area contributed by atoms with Crippen molar-refractivity contribution in [2.45, 2.75) is 13.5 Å². The second-order valence-electron chi connectivity index (χ2n) is 6.06. The van der Waals surface area contributed by atoms with E-state index in [-0.39, 0.29) is 5.56 Å². The number of aromatic nitrogens is 2. The Kier molecular flexibility index (Phi) is 4.11. The SMILES string of the molecule is Cc1nc2scc(-c3ccccc3)c2c(=O)n1Cc1cccc(C#N)c1. The molecular formula is C21H15N3OS. The Morgan fingerprint density at radius 1 is 1.15 bits per heavy atom. The highest BCUT2D eigenvalue weighted by molar-refractivity contribution is 7.17. The first-order chi connectivity index (χ1) is 12.7. The molecule has 2 heterocycles. The van der Waals surface area contributed by atoms with Gasteiger partial charge in [0.15, 0.2) is 0 Å². The zero-order valence-electron chi connectivity index (χ0n) is 14.1. The summed E-state index contributed by atoms with van der Waals surface area (Å²) >= 11 is 1.49. The molecule has 0 spiro atoms. The second kappa shape index (κ2) is 6.58. The van der Waals surface area contributed by atoms with Crippen LogP contribution in [0.3, 0.4) is 0 Å². The van der Waals surface area contributed by atoms with E-state index in [4.69, 9.17) is 5.26 Å². The maximum atomic E-state index is 13.2. The van der Waals surface area contributed by atoms with E-state index in [1.165, 1.54) is 11.3 Å². The highest BCUT2D eigenvalue weighted by atomic mass is 32.1. The number of nitriles is 1. The molecule has 126 valence electrons. The van der Waals surface area contributed by atoms with E-state index < -0.39 is 0 Å². The number of thiophene rings is 1. The summed E-state index contributed by atoms with van der Waals surface area (Å²) in [4.78, 5) is 18.6. The Labute approximate surface area is 154 Å². The lowest BCUT2D eigenvalue weighted by molar-refractivity contribution is 0.714. The summed E-state index contributed by atoms with van der Waals surface area (Å²) in [5.74, 6) is 0.673. The fourth-order valence-electron chi connectivity index (χ4n) is 3.06. The molecule has 0 saturated heterocycles. The Morgan fingerprint density at radius 2 is 1.96 bits per heavy atom. The molecule has 4 nitrogen and oxygen atoms in total. The van der Waals surface area contributed by atoms with Gasteiger partial charge in [-0.2, -0.15) is 5.26 Å². The Bertz CT molecular complexity index is 1200. The maximum Gasteiger partial charge on any atom is 0.263 e. The minimum Gasteiger partial charge on any atom is -0.292 e. The van der Waals surface area contributed by atoms with Gasteiger partial charge in [0.05, 0.1) is 23.6 Å². The molecule has 0 saturated carbocycles. The van der Waals surface area contributed by atoms with Crippen molar-refractivity contribution in [1.82, 2.24) is 9.55 Å². The molecule has 0 N–H and O–H groups in total. The molecule has 0 amide bonds. The van der Waals surface area contributed by atoms with Gasteiger partial charge in [0.2, 0.25) is 0 Å². The summed E-state index contributed by atoms with van der Waals surface area (Å²) in [5, 5.41) is 11.7. The third-order valence-corrected chi connectivity index (χ3v) is 5.24. The van der Waals surface area contributed by atoms with Crippen LogP contribution in [-0.4, -0.2) is 9.55 Å². The summed E-state index contributed by atoms with van der Waals surface area (Å²) in [6.07, 6.45) is 0. The largest absolute Gasteiger partial charge is 0.292 e. The average molecular weight is 357 g/mol. The van der Waals surface area contributed by atoms with Gasteiger partial charge in [0, 0.05) is 10.9 Å². The van der Waals surface area contributed by atoms with E-state index in [2.05, 4.69) is 11.1 Å². The van der Waals surface area contributed by atoms with Crippen molar-refractivity contribution in [3.05, 3.63) is 87.3 Å². The number of nitrogens with zero attached hydrogens (tertiary/aromatic N) is 3. The van der Waals surface area contributed by atoms with Crippen LogP contribution >= 0.6 is 11.3 Å². The zero-order valence-corrected chi connectivity index (χ0v) is 15.0. The third kappa shape index (κ3) is 2.81. The molecule has 0 aliphatic carbocycles. The van der Waals surface area contributed by atoms with Gasteiger partial charge in [-0.25, -0.2) is 4.98 Å². The summed E-state index contributed by atoms with van der Waals surface area (Å²) in [5.41, 5.74) is 3.38. The van der Waals surface area contributed by atoms with Gasteiger partial charge >= 0.3 is 0 Å². The molecule has 0 aliphatic heterocycles. The minimum atomic E-state index is -0.0463.